The van der Waals surface area contributed by atoms with Gasteiger partial charge < -0.3 is 9.80 Å². The SMILES string of the molecule is O=C(c1cc(N2CCCC2)ccn1)N1CCN(Cc2c(F)cccc2Cl)CC1. The van der Waals surface area contributed by atoms with Crippen LogP contribution in [0.15, 0.2) is 36.5 Å². The highest BCUT2D eigenvalue weighted by molar-refractivity contribution is 6.31. The van der Waals surface area contributed by atoms with Crippen LogP contribution in [-0.4, -0.2) is 60.0 Å². The fourth-order valence-corrected chi connectivity index (χ4v) is 4.11. The fraction of sp³-hybridized carbons (Fsp3) is 0.429. The van der Waals surface area contributed by atoms with Crippen LogP contribution in [0.1, 0.15) is 28.9 Å². The normalized spacial score (nSPS) is 17.9. The molecule has 0 saturated carbocycles. The van der Waals surface area contributed by atoms with E-state index in [1.807, 2.05) is 17.0 Å². The van der Waals surface area contributed by atoms with Crippen molar-refractivity contribution in [1.29, 1.82) is 0 Å². The molecule has 0 N–H and O–H groups in total. The van der Waals surface area contributed by atoms with Crippen LogP contribution in [0.4, 0.5) is 10.1 Å². The molecule has 0 bridgehead atoms. The molecule has 0 spiro atoms. The minimum absolute atomic E-state index is 0.0374. The molecule has 2 aliphatic rings. The van der Waals surface area contributed by atoms with E-state index in [0.717, 1.165) is 18.8 Å². The van der Waals surface area contributed by atoms with Gasteiger partial charge in [-0.15, -0.1) is 0 Å². The molecule has 28 heavy (non-hydrogen) atoms. The van der Waals surface area contributed by atoms with Gasteiger partial charge in [0.15, 0.2) is 0 Å². The summed E-state index contributed by atoms with van der Waals surface area (Å²) in [6.45, 7) is 5.09. The highest BCUT2D eigenvalue weighted by atomic mass is 35.5. The second kappa shape index (κ2) is 8.45. The van der Waals surface area contributed by atoms with Gasteiger partial charge in [0.1, 0.15) is 11.5 Å². The summed E-state index contributed by atoms with van der Waals surface area (Å²) in [5.74, 6) is -0.321. The molecule has 2 aromatic rings. The van der Waals surface area contributed by atoms with Gasteiger partial charge in [0.2, 0.25) is 0 Å². The van der Waals surface area contributed by atoms with Crippen molar-refractivity contribution in [1.82, 2.24) is 14.8 Å². The molecule has 2 saturated heterocycles. The minimum Gasteiger partial charge on any atom is -0.371 e. The second-order valence-corrected chi connectivity index (χ2v) is 7.77. The quantitative estimate of drug-likeness (QED) is 0.785. The van der Waals surface area contributed by atoms with Crippen LogP contribution >= 0.6 is 11.6 Å². The summed E-state index contributed by atoms with van der Waals surface area (Å²) in [5.41, 5.74) is 2.09. The molecule has 148 valence electrons. The highest BCUT2D eigenvalue weighted by Crippen LogP contribution is 2.23. The Hall–Kier alpha value is -2.18. The lowest BCUT2D eigenvalue weighted by molar-refractivity contribution is 0.0621. The lowest BCUT2D eigenvalue weighted by Gasteiger charge is -2.34. The Morgan fingerprint density at radius 2 is 1.82 bits per heavy atom. The maximum atomic E-state index is 14.0. The molecule has 2 fully saturated rings. The number of rotatable bonds is 4. The highest BCUT2D eigenvalue weighted by Gasteiger charge is 2.25. The number of carbonyl (C=O) groups is 1. The number of amides is 1. The zero-order valence-corrected chi connectivity index (χ0v) is 16.5. The van der Waals surface area contributed by atoms with Gasteiger partial charge in [0, 0.05) is 68.3 Å². The number of carbonyl (C=O) groups excluding carboxylic acids is 1. The molecule has 0 aliphatic carbocycles. The molecule has 7 heteroatoms. The van der Waals surface area contributed by atoms with Crippen molar-refractivity contribution >= 4 is 23.2 Å². The van der Waals surface area contributed by atoms with E-state index in [-0.39, 0.29) is 11.7 Å². The Balaban J connectivity index is 1.37. The molecule has 1 aromatic heterocycles. The summed E-state index contributed by atoms with van der Waals surface area (Å²) in [5, 5.41) is 0.446. The third-order valence-corrected chi connectivity index (χ3v) is 5.89. The first-order chi connectivity index (χ1) is 13.6. The predicted octanol–water partition coefficient (Wildman–Crippen LogP) is 3.43. The van der Waals surface area contributed by atoms with E-state index in [4.69, 9.17) is 11.6 Å². The van der Waals surface area contributed by atoms with E-state index in [1.165, 1.54) is 18.9 Å². The van der Waals surface area contributed by atoms with Gasteiger partial charge in [-0.3, -0.25) is 14.7 Å². The summed E-state index contributed by atoms with van der Waals surface area (Å²) in [6, 6.07) is 8.62. The largest absolute Gasteiger partial charge is 0.371 e. The van der Waals surface area contributed by atoms with E-state index in [2.05, 4.69) is 14.8 Å². The summed E-state index contributed by atoms with van der Waals surface area (Å²) in [7, 11) is 0. The van der Waals surface area contributed by atoms with Crippen molar-refractivity contribution in [3.63, 3.8) is 0 Å². The van der Waals surface area contributed by atoms with Crippen molar-refractivity contribution in [2.45, 2.75) is 19.4 Å². The molecule has 5 nitrogen and oxygen atoms in total. The Bertz CT molecular complexity index is 828. The summed E-state index contributed by atoms with van der Waals surface area (Å²) in [4.78, 5) is 23.4. The topological polar surface area (TPSA) is 39.7 Å². The van der Waals surface area contributed by atoms with Crippen molar-refractivity contribution in [3.05, 3.63) is 58.6 Å². The molecule has 1 amide bonds. The van der Waals surface area contributed by atoms with Gasteiger partial charge >= 0.3 is 0 Å². The molecule has 1 aromatic carbocycles. The van der Waals surface area contributed by atoms with Crippen LogP contribution in [-0.2, 0) is 6.54 Å². The molecule has 4 rings (SSSR count). The van der Waals surface area contributed by atoms with Gasteiger partial charge in [-0.1, -0.05) is 17.7 Å². The average molecular weight is 403 g/mol. The first kappa shape index (κ1) is 19.2. The molecule has 3 heterocycles. The lowest BCUT2D eigenvalue weighted by Crippen LogP contribution is -2.48. The van der Waals surface area contributed by atoms with E-state index in [1.54, 1.807) is 18.3 Å². The summed E-state index contributed by atoms with van der Waals surface area (Å²) in [6.07, 6.45) is 4.11. The standard InChI is InChI=1S/C21H24ClFN4O/c22-18-4-3-5-19(23)17(18)15-25-10-12-27(13-11-25)21(28)20-14-16(6-7-24-20)26-8-1-2-9-26/h3-7,14H,1-2,8-13,15H2. The van der Waals surface area contributed by atoms with Crippen LogP contribution in [0.5, 0.6) is 0 Å². The van der Waals surface area contributed by atoms with E-state index < -0.39 is 0 Å². The fourth-order valence-electron chi connectivity index (χ4n) is 3.89. The van der Waals surface area contributed by atoms with E-state index >= 15 is 0 Å². The number of benzene rings is 1. The van der Waals surface area contributed by atoms with Gasteiger partial charge in [-0.2, -0.15) is 0 Å². The zero-order chi connectivity index (χ0) is 19.5. The van der Waals surface area contributed by atoms with Crippen LogP contribution in [0.25, 0.3) is 0 Å². The monoisotopic (exact) mass is 402 g/mol. The number of halogens is 2. The number of nitrogens with zero attached hydrogens (tertiary/aromatic N) is 4. The third-order valence-electron chi connectivity index (χ3n) is 5.54. The van der Waals surface area contributed by atoms with Crippen LogP contribution < -0.4 is 4.90 Å². The van der Waals surface area contributed by atoms with E-state index in [9.17, 15) is 9.18 Å². The van der Waals surface area contributed by atoms with Gasteiger partial charge in [-0.25, -0.2) is 4.39 Å². The van der Waals surface area contributed by atoms with Crippen molar-refractivity contribution in [3.8, 4) is 0 Å². The number of anilines is 1. The molecular weight excluding hydrogens is 379 g/mol. The number of hydrogen-bond acceptors (Lipinski definition) is 4. The molecule has 2 aliphatic heterocycles. The van der Waals surface area contributed by atoms with Crippen molar-refractivity contribution in [2.24, 2.45) is 0 Å². The summed E-state index contributed by atoms with van der Waals surface area (Å²) < 4.78 is 14.0. The Morgan fingerprint density at radius 3 is 2.54 bits per heavy atom. The number of hydrogen-bond donors (Lipinski definition) is 0. The Kier molecular flexibility index (Phi) is 5.78. The average Bonchev–Trinajstić information content (AvgIpc) is 3.26. The van der Waals surface area contributed by atoms with Crippen LogP contribution in [0.3, 0.4) is 0 Å². The zero-order valence-electron chi connectivity index (χ0n) is 15.8. The van der Waals surface area contributed by atoms with Gasteiger partial charge in [0.25, 0.3) is 5.91 Å². The van der Waals surface area contributed by atoms with Crippen molar-refractivity contribution < 1.29 is 9.18 Å². The maximum absolute atomic E-state index is 14.0. The molecule has 0 unspecified atom stereocenters. The van der Waals surface area contributed by atoms with E-state index in [0.29, 0.717) is 49.0 Å². The van der Waals surface area contributed by atoms with Crippen LogP contribution in [0, 0.1) is 5.82 Å². The number of aromatic nitrogens is 1. The van der Waals surface area contributed by atoms with Crippen molar-refractivity contribution in [2.75, 3.05) is 44.2 Å². The first-order valence-corrected chi connectivity index (χ1v) is 10.1. The molecule has 0 atom stereocenters. The third kappa shape index (κ3) is 4.13. The Labute approximate surface area is 169 Å². The predicted molar refractivity (Wildman–Crippen MR) is 108 cm³/mol. The second-order valence-electron chi connectivity index (χ2n) is 7.36. The van der Waals surface area contributed by atoms with Gasteiger partial charge in [-0.05, 0) is 37.1 Å². The minimum atomic E-state index is -0.283. The van der Waals surface area contributed by atoms with Crippen LogP contribution in [0.2, 0.25) is 5.02 Å². The number of piperazine rings is 1. The number of pyridine rings is 1. The Morgan fingerprint density at radius 1 is 1.07 bits per heavy atom. The molecule has 0 radical (unpaired) electrons. The first-order valence-electron chi connectivity index (χ1n) is 9.77. The summed E-state index contributed by atoms with van der Waals surface area (Å²) >= 11 is 6.13. The lowest BCUT2D eigenvalue weighted by atomic mass is 10.1. The van der Waals surface area contributed by atoms with Gasteiger partial charge in [0.05, 0.1) is 0 Å². The maximum Gasteiger partial charge on any atom is 0.272 e. The smallest absolute Gasteiger partial charge is 0.272 e. The molecular formula is C21H24ClFN4O.